The van der Waals surface area contributed by atoms with Crippen molar-refractivity contribution in [3.63, 3.8) is 0 Å². The van der Waals surface area contributed by atoms with Gasteiger partial charge in [0, 0.05) is 62.0 Å². The van der Waals surface area contributed by atoms with Crippen LogP contribution in [-0.4, -0.2) is 104 Å². The first-order chi connectivity index (χ1) is 31.2. The largest absolute Gasteiger partial charge is 0.778 e. The number of urea groups is 1. The van der Waals surface area contributed by atoms with Crippen molar-refractivity contribution in [1.29, 1.82) is 0 Å². The van der Waals surface area contributed by atoms with Crippen LogP contribution >= 0.6 is 19.2 Å². The molecule has 2 heterocycles. The first-order valence-electron chi connectivity index (χ1n) is 20.7. The van der Waals surface area contributed by atoms with Gasteiger partial charge in [-0.2, -0.15) is 0 Å². The Balaban J connectivity index is 0.000000280. The van der Waals surface area contributed by atoms with E-state index in [4.69, 9.17) is 51.8 Å². The van der Waals surface area contributed by atoms with Crippen LogP contribution in [0.2, 0.25) is 5.02 Å². The number of aliphatic carboxylic acids is 1. The molecule has 0 spiro atoms. The molecule has 366 valence electrons. The molecule has 1 aliphatic carbocycles. The highest BCUT2D eigenvalue weighted by Gasteiger charge is 2.43. The van der Waals surface area contributed by atoms with Crippen molar-refractivity contribution < 1.29 is 66.8 Å². The number of carboxylic acid groups (broad SMARTS) is 1. The number of fused-ring (bicyclic) bond motifs is 1. The number of anilines is 2. The van der Waals surface area contributed by atoms with E-state index in [1.54, 1.807) is 38.3 Å². The zero-order valence-electron chi connectivity index (χ0n) is 39.2. The van der Waals surface area contributed by atoms with Crippen molar-refractivity contribution in [3.8, 4) is 35.3 Å². The van der Waals surface area contributed by atoms with Crippen LogP contribution in [0.3, 0.4) is 0 Å². The SMILES string of the molecule is C#CC(C)Oc1cc(N2C(=O)C3=C(CCCC3)C2=O)c(F)cc1Cl.CON(C)C(=O)Nc1ccc(Oc2ccc3c(c2)OC(C)(OC)CC3(C)C)cc1.C[S+](C)C.O=C(O)CNCP(=O)([O-])O. The molecule has 4 N–H and O–H groups in total. The Labute approximate surface area is 398 Å². The van der Waals surface area contributed by atoms with Gasteiger partial charge in [0.05, 0.1) is 49.4 Å². The summed E-state index contributed by atoms with van der Waals surface area (Å²) in [4.78, 5) is 70.4. The number of ether oxygens (including phenoxy) is 4. The Morgan fingerprint density at radius 2 is 1.61 bits per heavy atom. The molecule has 0 saturated carbocycles. The number of hydrogen-bond acceptors (Lipinski definition) is 12. The third-order valence-corrected chi connectivity index (χ3v) is 10.8. The lowest BCUT2D eigenvalue weighted by Gasteiger charge is -2.43. The second kappa shape index (κ2) is 24.7. The fourth-order valence-electron chi connectivity index (χ4n) is 6.78. The van der Waals surface area contributed by atoms with Gasteiger partial charge in [0.25, 0.3) is 11.8 Å². The second-order valence-corrected chi connectivity index (χ2v) is 21.0. The predicted molar refractivity (Wildman–Crippen MR) is 254 cm³/mol. The molecular formula is C46H59ClFN4O13PS. The number of terminal acetylenes is 1. The van der Waals surface area contributed by atoms with Gasteiger partial charge in [0.15, 0.2) is 6.10 Å². The van der Waals surface area contributed by atoms with Crippen LogP contribution in [0.25, 0.3) is 0 Å². The van der Waals surface area contributed by atoms with E-state index in [0.29, 0.717) is 52.1 Å². The van der Waals surface area contributed by atoms with Gasteiger partial charge in [-0.15, -0.1) is 6.42 Å². The molecule has 3 aliphatic rings. The highest BCUT2D eigenvalue weighted by Crippen LogP contribution is 2.47. The average Bonchev–Trinajstić information content (AvgIpc) is 3.49. The van der Waals surface area contributed by atoms with Crippen molar-refractivity contribution in [2.24, 2.45) is 0 Å². The number of benzene rings is 3. The molecule has 2 aliphatic heterocycles. The minimum absolute atomic E-state index is 0.0233. The fraction of sp³-hybridized carbons (Fsp3) is 0.435. The lowest BCUT2D eigenvalue weighted by molar-refractivity contribution is -0.193. The van der Waals surface area contributed by atoms with Crippen LogP contribution in [0.1, 0.15) is 65.4 Å². The Hall–Kier alpha value is -5.16. The summed E-state index contributed by atoms with van der Waals surface area (Å²) in [6, 6.07) is 14.9. The normalized spacial score (nSPS) is 18.1. The summed E-state index contributed by atoms with van der Waals surface area (Å²) in [5.41, 5.74) is 2.49. The highest BCUT2D eigenvalue weighted by molar-refractivity contribution is 7.94. The number of hydroxylamine groups is 2. The highest BCUT2D eigenvalue weighted by atomic mass is 35.5. The van der Waals surface area contributed by atoms with Crippen LogP contribution in [-0.2, 0) is 44.8 Å². The third kappa shape index (κ3) is 16.8. The summed E-state index contributed by atoms with van der Waals surface area (Å²) in [5, 5.41) is 13.8. The number of halogens is 2. The summed E-state index contributed by atoms with van der Waals surface area (Å²) >= 11 is 5.97. The number of rotatable bonds is 12. The maximum Gasteiger partial charge on any atom is 0.345 e. The minimum Gasteiger partial charge on any atom is -0.778 e. The number of amides is 4. The van der Waals surface area contributed by atoms with Crippen LogP contribution in [0.15, 0.2) is 65.7 Å². The molecule has 4 amide bonds. The Morgan fingerprint density at radius 1 is 1.04 bits per heavy atom. The van der Waals surface area contributed by atoms with Gasteiger partial charge in [-0.05, 0) is 85.3 Å². The smallest absolute Gasteiger partial charge is 0.345 e. The molecule has 0 aromatic heterocycles. The predicted octanol–water partition coefficient (Wildman–Crippen LogP) is 7.21. The summed E-state index contributed by atoms with van der Waals surface area (Å²) in [5.74, 6) is 1.03. The Morgan fingerprint density at radius 3 is 2.12 bits per heavy atom. The lowest BCUT2D eigenvalue weighted by atomic mass is 9.76. The van der Waals surface area contributed by atoms with Crippen LogP contribution in [0.5, 0.6) is 23.0 Å². The maximum atomic E-state index is 14.4. The molecule has 67 heavy (non-hydrogen) atoms. The zero-order chi connectivity index (χ0) is 50.4. The van der Waals surface area contributed by atoms with Crippen molar-refractivity contribution in [3.05, 3.63) is 82.1 Å². The maximum absolute atomic E-state index is 14.4. The molecule has 3 unspecified atom stereocenters. The lowest BCUT2D eigenvalue weighted by Crippen LogP contribution is -2.45. The molecule has 0 fully saturated rings. The number of methoxy groups -OCH3 is 1. The van der Waals surface area contributed by atoms with E-state index in [0.717, 1.165) is 46.6 Å². The molecule has 3 aromatic rings. The molecular weight excluding hydrogens is 934 g/mol. The van der Waals surface area contributed by atoms with Gasteiger partial charge in [-0.3, -0.25) is 24.5 Å². The molecule has 21 heteroatoms. The molecule has 0 bridgehead atoms. The van der Waals surface area contributed by atoms with Crippen LogP contribution in [0.4, 0.5) is 20.6 Å². The number of nitrogens with one attached hydrogen (secondary N) is 2. The van der Waals surface area contributed by atoms with Gasteiger partial charge >= 0.3 is 12.0 Å². The van der Waals surface area contributed by atoms with Gasteiger partial charge in [0.2, 0.25) is 5.79 Å². The number of carbonyl (C=O) groups excluding carboxylic acids is 3. The van der Waals surface area contributed by atoms with Crippen LogP contribution < -0.4 is 34.6 Å². The zero-order valence-corrected chi connectivity index (χ0v) is 41.7. The summed E-state index contributed by atoms with van der Waals surface area (Å²) in [6.07, 6.45) is 14.1. The third-order valence-electron chi connectivity index (χ3n) is 9.86. The standard InChI is InChI=1S/C22H28N2O5.C18H15ClFNO3.C3H8NO5P.C3H9S/c1-21(2)14-22(3,26-5)29-19-13-17(11-12-18(19)21)28-16-9-7-15(8-10-16)23-20(25)24(4)27-6;1-3-10(2)24-16-9-15(14(20)8-13(16)19)21-17(22)11-6-4-5-7-12(11)18(21)23;5-3(6)1-4-2-10(7,8)9;1-4(2)3/h7-13H,14H2,1-6H3,(H,23,25);1,8-10H,4-7H2,2H3;4H,1-2H2,(H,5,6)(H2,7,8,9);1-3H3/q;;;+1/p-1. The van der Waals surface area contributed by atoms with E-state index >= 15 is 0 Å². The Bertz CT molecular complexity index is 2340. The summed E-state index contributed by atoms with van der Waals surface area (Å²) < 4.78 is 47.4. The number of hydrogen-bond donors (Lipinski definition) is 4. The van der Waals surface area contributed by atoms with E-state index in [2.05, 4.69) is 43.9 Å². The van der Waals surface area contributed by atoms with Gasteiger partial charge in [-0.1, -0.05) is 37.4 Å². The van der Waals surface area contributed by atoms with E-state index in [9.17, 15) is 33.0 Å². The van der Waals surface area contributed by atoms with Crippen molar-refractivity contribution in [1.82, 2.24) is 10.4 Å². The van der Waals surface area contributed by atoms with Gasteiger partial charge in [0.1, 0.15) is 36.4 Å². The average molecular weight is 993 g/mol. The van der Waals surface area contributed by atoms with E-state index in [1.807, 2.05) is 30.4 Å². The molecule has 3 atom stereocenters. The first kappa shape index (κ1) is 56.2. The molecule has 17 nitrogen and oxygen atoms in total. The van der Waals surface area contributed by atoms with Crippen molar-refractivity contribution >= 4 is 65.3 Å². The molecule has 0 saturated heterocycles. The van der Waals surface area contributed by atoms with E-state index in [-0.39, 0.29) is 27.9 Å². The second-order valence-electron chi connectivity index (χ2n) is 16.5. The first-order valence-corrected chi connectivity index (χ1v) is 25.3. The quantitative estimate of drug-likeness (QED) is 0.0463. The summed E-state index contributed by atoms with van der Waals surface area (Å²) in [6.45, 7) is 7.46. The molecule has 6 rings (SSSR count). The minimum atomic E-state index is -4.35. The van der Waals surface area contributed by atoms with Crippen LogP contribution in [0, 0.1) is 18.2 Å². The molecule has 3 aromatic carbocycles. The van der Waals surface area contributed by atoms with Gasteiger partial charge in [-0.25, -0.2) is 19.1 Å². The monoisotopic (exact) mass is 992 g/mol. The van der Waals surface area contributed by atoms with Crippen molar-refractivity contribution in [2.75, 3.05) is 63.1 Å². The number of nitrogens with zero attached hydrogens (tertiary/aromatic N) is 2. The molecule has 0 radical (unpaired) electrons. The summed E-state index contributed by atoms with van der Waals surface area (Å²) in [7, 11) is 0.906. The number of carbonyl (C=O) groups is 4. The topological polar surface area (TPSA) is 226 Å². The number of carboxylic acids is 1. The Kier molecular flexibility index (Phi) is 20.7. The van der Waals surface area contributed by atoms with Crippen molar-refractivity contribution in [2.45, 2.75) is 77.1 Å². The fourth-order valence-corrected chi connectivity index (χ4v) is 7.37. The number of imide groups is 1. The van der Waals surface area contributed by atoms with Gasteiger partial charge < -0.3 is 43.7 Å². The van der Waals surface area contributed by atoms with E-state index < -0.39 is 55.9 Å². The van der Waals surface area contributed by atoms with E-state index in [1.165, 1.54) is 20.2 Å².